The molecule has 1 N–H and O–H groups in total. The van der Waals surface area contributed by atoms with Gasteiger partial charge in [-0.3, -0.25) is 4.90 Å². The molecule has 0 unspecified atom stereocenters. The fourth-order valence-electron chi connectivity index (χ4n) is 3.61. The average molecular weight is 395 g/mol. The van der Waals surface area contributed by atoms with E-state index in [9.17, 15) is 13.2 Å². The number of ether oxygens (including phenoxy) is 2. The Morgan fingerprint density at radius 3 is 2.85 bits per heavy atom. The maximum absolute atomic E-state index is 10.6. The summed E-state index contributed by atoms with van der Waals surface area (Å²) in [5, 5.41) is 11.5. The highest BCUT2D eigenvalue weighted by molar-refractivity contribution is 7.07. The molecule has 1 aliphatic heterocycles. The van der Waals surface area contributed by atoms with E-state index in [1.54, 1.807) is 18.4 Å². The predicted octanol–water partition coefficient (Wildman–Crippen LogP) is 3.40. The summed E-state index contributed by atoms with van der Waals surface area (Å²) in [4.78, 5) is 11.5. The van der Waals surface area contributed by atoms with Crippen LogP contribution in [0.4, 0.5) is 13.2 Å². The van der Waals surface area contributed by atoms with Gasteiger partial charge in [0, 0.05) is 32.7 Å². The van der Waals surface area contributed by atoms with Crippen LogP contribution in [-0.2, 0) is 20.8 Å². The van der Waals surface area contributed by atoms with Gasteiger partial charge in [-0.15, -0.1) is 0 Å². The summed E-state index contributed by atoms with van der Waals surface area (Å²) in [6.07, 6.45) is -1.36. The van der Waals surface area contributed by atoms with E-state index >= 15 is 0 Å². The van der Waals surface area contributed by atoms with Gasteiger partial charge in [0.25, 0.3) is 0 Å². The van der Waals surface area contributed by atoms with Crippen molar-refractivity contribution in [2.45, 2.75) is 37.6 Å². The number of morpholine rings is 1. The van der Waals surface area contributed by atoms with Crippen molar-refractivity contribution in [2.75, 3.05) is 33.4 Å². The fourth-order valence-corrected chi connectivity index (χ4v) is 4.27. The number of thiophene rings is 1. The Hall–Kier alpha value is -1.16. The summed E-state index contributed by atoms with van der Waals surface area (Å²) in [5.74, 6) is -2.18. The minimum atomic E-state index is -5.08. The first-order valence-corrected chi connectivity index (χ1v) is 9.37. The van der Waals surface area contributed by atoms with Crippen LogP contribution in [0.1, 0.15) is 24.8 Å². The van der Waals surface area contributed by atoms with Gasteiger partial charge < -0.3 is 14.6 Å². The van der Waals surface area contributed by atoms with Gasteiger partial charge in [-0.1, -0.05) is 6.42 Å². The molecule has 2 atom stereocenters. The van der Waals surface area contributed by atoms with E-state index in [0.29, 0.717) is 5.92 Å². The fraction of sp³-hybridized carbons (Fsp3) is 0.706. The summed E-state index contributed by atoms with van der Waals surface area (Å²) < 4.78 is 43.4. The van der Waals surface area contributed by atoms with E-state index in [1.807, 2.05) is 0 Å². The summed E-state index contributed by atoms with van der Waals surface area (Å²) >= 11 is 1.78. The number of hydrogen-bond donors (Lipinski definition) is 1. The Balaban J connectivity index is 0.000000298. The Kier molecular flexibility index (Phi) is 7.45. The third kappa shape index (κ3) is 5.67. The van der Waals surface area contributed by atoms with Crippen molar-refractivity contribution in [3.8, 4) is 0 Å². The molecule has 0 radical (unpaired) electrons. The molecule has 2 aliphatic rings. The number of carboxylic acid groups (broad SMARTS) is 1. The third-order valence-corrected chi connectivity index (χ3v) is 5.51. The van der Waals surface area contributed by atoms with Crippen molar-refractivity contribution >= 4 is 17.3 Å². The third-order valence-electron chi connectivity index (χ3n) is 4.78. The molecule has 3 rings (SSSR count). The van der Waals surface area contributed by atoms with Crippen molar-refractivity contribution in [3.63, 3.8) is 0 Å². The van der Waals surface area contributed by atoms with E-state index in [1.165, 1.54) is 24.8 Å². The molecule has 9 heteroatoms. The van der Waals surface area contributed by atoms with Gasteiger partial charge in [0.15, 0.2) is 0 Å². The van der Waals surface area contributed by atoms with E-state index in [2.05, 4.69) is 21.7 Å². The summed E-state index contributed by atoms with van der Waals surface area (Å²) in [7, 11) is 1.80. The van der Waals surface area contributed by atoms with Crippen LogP contribution in [0.2, 0.25) is 0 Å². The lowest BCUT2D eigenvalue weighted by Gasteiger charge is -2.44. The molecule has 26 heavy (non-hydrogen) atoms. The lowest BCUT2D eigenvalue weighted by Crippen LogP contribution is -2.54. The first-order chi connectivity index (χ1) is 12.3. The summed E-state index contributed by atoms with van der Waals surface area (Å²) in [6.45, 7) is 4.89. The van der Waals surface area contributed by atoms with Gasteiger partial charge in [-0.2, -0.15) is 24.5 Å². The normalized spacial score (nSPS) is 26.5. The largest absolute Gasteiger partial charge is 0.490 e. The first-order valence-electron chi connectivity index (χ1n) is 8.43. The minimum Gasteiger partial charge on any atom is -0.475 e. The number of hydrogen-bond acceptors (Lipinski definition) is 5. The maximum atomic E-state index is 10.6. The molecule has 1 saturated heterocycles. The number of methoxy groups -OCH3 is 1. The molecule has 0 aromatic carbocycles. The van der Waals surface area contributed by atoms with Crippen LogP contribution >= 0.6 is 11.3 Å². The highest BCUT2D eigenvalue weighted by atomic mass is 32.1. The number of aliphatic carboxylic acids is 1. The number of rotatable bonds is 4. The number of carboxylic acids is 1. The molecule has 1 aromatic rings. The van der Waals surface area contributed by atoms with Crippen LogP contribution in [0.3, 0.4) is 0 Å². The molecule has 1 aliphatic carbocycles. The second-order valence-corrected chi connectivity index (χ2v) is 7.38. The first kappa shape index (κ1) is 21.1. The molecule has 1 aromatic heterocycles. The Morgan fingerprint density at radius 2 is 2.27 bits per heavy atom. The van der Waals surface area contributed by atoms with Crippen LogP contribution in [-0.4, -0.2) is 61.2 Å². The molecule has 2 fully saturated rings. The van der Waals surface area contributed by atoms with Crippen LogP contribution in [0, 0.1) is 5.92 Å². The van der Waals surface area contributed by atoms with Gasteiger partial charge in [0.2, 0.25) is 0 Å². The van der Waals surface area contributed by atoms with Crippen molar-refractivity contribution in [1.82, 2.24) is 4.90 Å². The van der Waals surface area contributed by atoms with E-state index in [-0.39, 0.29) is 5.60 Å². The summed E-state index contributed by atoms with van der Waals surface area (Å²) in [5.41, 5.74) is 1.49. The maximum Gasteiger partial charge on any atom is 0.490 e. The Labute approximate surface area is 154 Å². The van der Waals surface area contributed by atoms with Gasteiger partial charge in [0.05, 0.1) is 18.8 Å². The second-order valence-electron chi connectivity index (χ2n) is 6.60. The standard InChI is InChI=1S/C15H23NO2S.C2HF3O2/c1-17-10-14-3-2-5-15(14)12-16(6-7-18-15)9-13-4-8-19-11-13;3-2(4,5)1(6)7/h4,8,11,14H,2-3,5-7,9-10,12H2,1H3;(H,6,7)/t14-,15-;/m0./s1. The Bertz CT molecular complexity index is 567. The molecule has 1 spiro atoms. The highest BCUT2D eigenvalue weighted by Crippen LogP contribution is 2.41. The molecular weight excluding hydrogens is 371 g/mol. The number of alkyl halides is 3. The quantitative estimate of drug-likeness (QED) is 0.847. The van der Waals surface area contributed by atoms with Gasteiger partial charge in [0.1, 0.15) is 0 Å². The highest BCUT2D eigenvalue weighted by Gasteiger charge is 2.46. The average Bonchev–Trinajstić information content (AvgIpc) is 3.19. The van der Waals surface area contributed by atoms with Crippen molar-refractivity contribution < 1.29 is 32.5 Å². The zero-order chi connectivity index (χ0) is 19.2. The van der Waals surface area contributed by atoms with E-state index < -0.39 is 12.1 Å². The van der Waals surface area contributed by atoms with Crippen LogP contribution < -0.4 is 0 Å². The zero-order valence-electron chi connectivity index (χ0n) is 14.6. The van der Waals surface area contributed by atoms with Crippen molar-refractivity contribution in [3.05, 3.63) is 22.4 Å². The van der Waals surface area contributed by atoms with Crippen LogP contribution in [0.5, 0.6) is 0 Å². The van der Waals surface area contributed by atoms with Gasteiger partial charge in [-0.25, -0.2) is 4.79 Å². The lowest BCUT2D eigenvalue weighted by molar-refractivity contribution is -0.192. The number of carbonyl (C=O) groups is 1. The molecule has 1 saturated carbocycles. The van der Waals surface area contributed by atoms with Crippen molar-refractivity contribution in [1.29, 1.82) is 0 Å². The monoisotopic (exact) mass is 395 g/mol. The van der Waals surface area contributed by atoms with Crippen LogP contribution in [0.15, 0.2) is 16.8 Å². The topological polar surface area (TPSA) is 59.0 Å². The molecule has 2 heterocycles. The molecule has 0 amide bonds. The summed E-state index contributed by atoms with van der Waals surface area (Å²) in [6, 6.07) is 2.23. The number of nitrogens with zero attached hydrogens (tertiary/aromatic N) is 1. The smallest absolute Gasteiger partial charge is 0.475 e. The van der Waals surface area contributed by atoms with Crippen molar-refractivity contribution in [2.24, 2.45) is 5.92 Å². The van der Waals surface area contributed by atoms with Crippen LogP contribution in [0.25, 0.3) is 0 Å². The Morgan fingerprint density at radius 1 is 1.54 bits per heavy atom. The predicted molar refractivity (Wildman–Crippen MR) is 91.2 cm³/mol. The zero-order valence-corrected chi connectivity index (χ0v) is 15.4. The van der Waals surface area contributed by atoms with Gasteiger partial charge >= 0.3 is 12.1 Å². The molecule has 0 bridgehead atoms. The molecular formula is C17H24F3NO4S. The van der Waals surface area contributed by atoms with E-state index in [0.717, 1.165) is 32.8 Å². The lowest BCUT2D eigenvalue weighted by atomic mass is 9.89. The van der Waals surface area contributed by atoms with E-state index in [4.69, 9.17) is 19.4 Å². The second kappa shape index (κ2) is 9.16. The van der Waals surface area contributed by atoms with Gasteiger partial charge in [-0.05, 0) is 35.2 Å². The number of halogens is 3. The molecule has 5 nitrogen and oxygen atoms in total. The minimum absolute atomic E-state index is 0.0598. The molecule has 148 valence electrons. The SMILES string of the molecule is COC[C@@H]1CCC[C@]12CN(Cc1ccsc1)CCO2.O=C(O)C(F)(F)F.